The van der Waals surface area contributed by atoms with Crippen LogP contribution in [0.15, 0.2) is 18.2 Å². The smallest absolute Gasteiger partial charge is 0.341 e. The molecule has 0 saturated carbocycles. The SMILES string of the molecule is CCOC(=O)c1c(C(=O)OCC)c(C(=O)OCC)c2c([nH]c3ccc(I)cc32)c1C(=O)OCC. The summed E-state index contributed by atoms with van der Waals surface area (Å²) in [6.45, 7) is 6.41. The number of ether oxygens (including phenoxy) is 4. The number of hydrogen-bond donors (Lipinski definition) is 1. The number of halogens is 1. The summed E-state index contributed by atoms with van der Waals surface area (Å²) in [4.78, 5) is 55.9. The number of nitrogens with one attached hydrogen (secondary N) is 1. The molecule has 0 aliphatic rings. The Kier molecular flexibility index (Phi) is 8.13. The maximum Gasteiger partial charge on any atom is 0.341 e. The van der Waals surface area contributed by atoms with Crippen LogP contribution in [0.25, 0.3) is 21.8 Å². The highest BCUT2D eigenvalue weighted by Crippen LogP contribution is 2.38. The fraction of sp³-hybridized carbons (Fsp3) is 0.333. The van der Waals surface area contributed by atoms with Gasteiger partial charge in [-0.15, -0.1) is 0 Å². The van der Waals surface area contributed by atoms with Gasteiger partial charge in [-0.1, -0.05) is 0 Å². The molecule has 0 spiro atoms. The van der Waals surface area contributed by atoms with Crippen LogP contribution in [0.1, 0.15) is 69.1 Å². The fourth-order valence-corrected chi connectivity index (χ4v) is 4.23. The summed E-state index contributed by atoms with van der Waals surface area (Å²) in [5.41, 5.74) is -0.446. The number of fused-ring (bicyclic) bond motifs is 3. The molecule has 0 saturated heterocycles. The van der Waals surface area contributed by atoms with Gasteiger partial charge in [-0.25, -0.2) is 19.2 Å². The average Bonchev–Trinajstić information content (AvgIpc) is 3.16. The molecule has 34 heavy (non-hydrogen) atoms. The van der Waals surface area contributed by atoms with Crippen molar-refractivity contribution < 1.29 is 38.1 Å². The second kappa shape index (κ2) is 10.9. The molecule has 10 heteroatoms. The summed E-state index contributed by atoms with van der Waals surface area (Å²) in [6.07, 6.45) is 0. The van der Waals surface area contributed by atoms with E-state index in [2.05, 4.69) is 27.6 Å². The van der Waals surface area contributed by atoms with E-state index in [0.717, 1.165) is 3.57 Å². The van der Waals surface area contributed by atoms with Crippen LogP contribution >= 0.6 is 22.6 Å². The highest BCUT2D eigenvalue weighted by atomic mass is 127. The predicted molar refractivity (Wildman–Crippen MR) is 132 cm³/mol. The number of esters is 4. The minimum absolute atomic E-state index is 0.0229. The Morgan fingerprint density at radius 3 is 1.65 bits per heavy atom. The van der Waals surface area contributed by atoms with E-state index in [9.17, 15) is 19.2 Å². The lowest BCUT2D eigenvalue weighted by atomic mass is 9.90. The van der Waals surface area contributed by atoms with Gasteiger partial charge in [0.05, 0.1) is 54.2 Å². The summed E-state index contributed by atoms with van der Waals surface area (Å²) >= 11 is 2.12. The molecular formula is C24H24INO8. The molecule has 180 valence electrons. The van der Waals surface area contributed by atoms with E-state index < -0.39 is 35.0 Å². The number of H-pyrrole nitrogens is 1. The quantitative estimate of drug-likeness (QED) is 0.232. The summed E-state index contributed by atoms with van der Waals surface area (Å²) in [5.74, 6) is -3.61. The molecule has 3 rings (SSSR count). The highest BCUT2D eigenvalue weighted by Gasteiger charge is 2.37. The Hall–Kier alpha value is -3.15. The maximum atomic E-state index is 13.2. The highest BCUT2D eigenvalue weighted by molar-refractivity contribution is 14.1. The van der Waals surface area contributed by atoms with Crippen LogP contribution in [0.5, 0.6) is 0 Å². The molecular weight excluding hydrogens is 557 g/mol. The molecule has 1 aromatic heterocycles. The van der Waals surface area contributed by atoms with Gasteiger partial charge in [-0.2, -0.15) is 0 Å². The number of aromatic nitrogens is 1. The van der Waals surface area contributed by atoms with E-state index in [1.165, 1.54) is 0 Å². The van der Waals surface area contributed by atoms with E-state index in [1.54, 1.807) is 39.8 Å². The lowest BCUT2D eigenvalue weighted by Crippen LogP contribution is -2.24. The van der Waals surface area contributed by atoms with Gasteiger partial charge < -0.3 is 23.9 Å². The molecule has 9 nitrogen and oxygen atoms in total. The number of carbonyl (C=O) groups is 4. The standard InChI is InChI=1S/C24H24INO8/c1-5-31-21(27)16-15-13-11-12(25)9-10-14(13)26-20(15)19(24(30)34-8-4)18(23(29)33-7-3)17(16)22(28)32-6-2/h9-11,26H,5-8H2,1-4H3. The zero-order chi connectivity index (χ0) is 25.0. The molecule has 0 radical (unpaired) electrons. The first kappa shape index (κ1) is 25.5. The summed E-state index contributed by atoms with van der Waals surface area (Å²) in [7, 11) is 0. The number of benzene rings is 2. The van der Waals surface area contributed by atoms with Crippen LogP contribution in [0.3, 0.4) is 0 Å². The Labute approximate surface area is 209 Å². The van der Waals surface area contributed by atoms with Crippen LogP contribution in [0, 0.1) is 3.57 Å². The van der Waals surface area contributed by atoms with E-state index in [-0.39, 0.29) is 48.5 Å². The van der Waals surface area contributed by atoms with Crippen molar-refractivity contribution in [2.24, 2.45) is 0 Å². The fourth-order valence-electron chi connectivity index (χ4n) is 3.74. The second-order valence-corrected chi connectivity index (χ2v) is 8.19. The van der Waals surface area contributed by atoms with Gasteiger partial charge in [0.1, 0.15) is 0 Å². The largest absolute Gasteiger partial charge is 0.462 e. The molecule has 0 unspecified atom stereocenters. The molecule has 2 aromatic carbocycles. The van der Waals surface area contributed by atoms with Crippen molar-refractivity contribution in [2.45, 2.75) is 27.7 Å². The molecule has 0 fully saturated rings. The first-order valence-electron chi connectivity index (χ1n) is 10.8. The maximum absolute atomic E-state index is 13.2. The summed E-state index contributed by atoms with van der Waals surface area (Å²) in [5, 5.41) is 0.822. The lowest BCUT2D eigenvalue weighted by Gasteiger charge is -2.18. The van der Waals surface area contributed by atoms with Crippen molar-refractivity contribution in [3.05, 3.63) is 44.0 Å². The van der Waals surface area contributed by atoms with Crippen molar-refractivity contribution in [3.8, 4) is 0 Å². The zero-order valence-electron chi connectivity index (χ0n) is 19.2. The summed E-state index contributed by atoms with van der Waals surface area (Å²) < 4.78 is 21.7. The Bertz CT molecular complexity index is 1290. The van der Waals surface area contributed by atoms with Crippen molar-refractivity contribution in [2.75, 3.05) is 26.4 Å². The van der Waals surface area contributed by atoms with Crippen molar-refractivity contribution in [1.82, 2.24) is 4.98 Å². The monoisotopic (exact) mass is 581 g/mol. The van der Waals surface area contributed by atoms with Gasteiger partial charge in [0.15, 0.2) is 0 Å². The zero-order valence-corrected chi connectivity index (χ0v) is 21.4. The van der Waals surface area contributed by atoms with Gasteiger partial charge in [0, 0.05) is 19.9 Å². The molecule has 0 bridgehead atoms. The molecule has 0 atom stereocenters. The van der Waals surface area contributed by atoms with Crippen LogP contribution in [-0.2, 0) is 18.9 Å². The van der Waals surface area contributed by atoms with Crippen molar-refractivity contribution in [3.63, 3.8) is 0 Å². The number of carbonyl (C=O) groups excluding carboxylic acids is 4. The molecule has 3 aromatic rings. The topological polar surface area (TPSA) is 121 Å². The third kappa shape index (κ3) is 4.59. The van der Waals surface area contributed by atoms with Gasteiger partial charge in [-0.3, -0.25) is 0 Å². The van der Waals surface area contributed by atoms with Crippen molar-refractivity contribution >= 4 is 68.3 Å². The Morgan fingerprint density at radius 2 is 1.15 bits per heavy atom. The minimum Gasteiger partial charge on any atom is -0.462 e. The number of aromatic amines is 1. The molecule has 0 amide bonds. The third-order valence-electron chi connectivity index (χ3n) is 4.93. The average molecular weight is 581 g/mol. The molecule has 1 N–H and O–H groups in total. The van der Waals surface area contributed by atoms with E-state index in [1.807, 2.05) is 6.07 Å². The lowest BCUT2D eigenvalue weighted by molar-refractivity contribution is 0.0446. The molecule has 1 heterocycles. The predicted octanol–water partition coefficient (Wildman–Crippen LogP) is 4.63. The van der Waals surface area contributed by atoms with E-state index >= 15 is 0 Å². The first-order valence-corrected chi connectivity index (χ1v) is 11.9. The normalized spacial score (nSPS) is 10.9. The van der Waals surface area contributed by atoms with Gasteiger partial charge >= 0.3 is 23.9 Å². The second-order valence-electron chi connectivity index (χ2n) is 6.95. The van der Waals surface area contributed by atoms with Gasteiger partial charge in [0.25, 0.3) is 0 Å². The van der Waals surface area contributed by atoms with Crippen LogP contribution in [0.4, 0.5) is 0 Å². The summed E-state index contributed by atoms with van der Waals surface area (Å²) in [6, 6.07) is 5.41. The van der Waals surface area contributed by atoms with Crippen LogP contribution in [-0.4, -0.2) is 55.3 Å². The molecule has 0 aliphatic carbocycles. The van der Waals surface area contributed by atoms with E-state index in [0.29, 0.717) is 10.9 Å². The Balaban J connectivity index is 2.66. The van der Waals surface area contributed by atoms with Crippen LogP contribution in [0.2, 0.25) is 0 Å². The first-order chi connectivity index (χ1) is 16.3. The number of rotatable bonds is 8. The minimum atomic E-state index is -0.964. The Morgan fingerprint density at radius 1 is 0.706 bits per heavy atom. The van der Waals surface area contributed by atoms with Crippen LogP contribution < -0.4 is 0 Å². The number of hydrogen-bond acceptors (Lipinski definition) is 8. The van der Waals surface area contributed by atoms with E-state index in [4.69, 9.17) is 18.9 Å². The molecule has 0 aliphatic heterocycles. The van der Waals surface area contributed by atoms with Crippen molar-refractivity contribution in [1.29, 1.82) is 0 Å². The van der Waals surface area contributed by atoms with Gasteiger partial charge in [-0.05, 0) is 68.5 Å². The van der Waals surface area contributed by atoms with Gasteiger partial charge in [0.2, 0.25) is 0 Å². The third-order valence-corrected chi connectivity index (χ3v) is 5.60.